The first kappa shape index (κ1) is 25.8. The van der Waals surface area contributed by atoms with E-state index in [0.717, 1.165) is 22.5 Å². The maximum atomic E-state index is 15.0. The summed E-state index contributed by atoms with van der Waals surface area (Å²) in [6, 6.07) is 15.4. The number of aryl methyl sites for hydroxylation is 1. The summed E-state index contributed by atoms with van der Waals surface area (Å²) in [5, 5.41) is 13.2. The van der Waals surface area contributed by atoms with Crippen LogP contribution in [0.1, 0.15) is 27.2 Å². The molecule has 0 spiro atoms. The van der Waals surface area contributed by atoms with Gasteiger partial charge in [0.05, 0.1) is 29.3 Å². The molecule has 0 aliphatic rings. The van der Waals surface area contributed by atoms with Crippen LogP contribution in [0.4, 0.5) is 21.5 Å². The van der Waals surface area contributed by atoms with Gasteiger partial charge < -0.3 is 10.6 Å². The number of imidazole rings is 1. The lowest BCUT2D eigenvalue weighted by Gasteiger charge is -2.11. The third kappa shape index (κ3) is 5.50. The largest absolute Gasteiger partial charge is 0.350 e. The monoisotopic (exact) mass is 561 g/mol. The fraction of sp³-hybridized carbons (Fsp3) is 0.0323. The van der Waals surface area contributed by atoms with Gasteiger partial charge in [-0.15, -0.1) is 0 Å². The number of hydrogen-bond acceptors (Lipinski definition) is 5. The van der Waals surface area contributed by atoms with Gasteiger partial charge in [0.2, 0.25) is 0 Å². The van der Waals surface area contributed by atoms with Crippen LogP contribution >= 0.6 is 11.6 Å². The fourth-order valence-corrected chi connectivity index (χ4v) is 4.59. The van der Waals surface area contributed by atoms with Crippen LogP contribution in [0.2, 0.25) is 5.02 Å². The second-order valence-electron chi connectivity index (χ2n) is 9.19. The van der Waals surface area contributed by atoms with Crippen molar-refractivity contribution >= 4 is 40.2 Å². The van der Waals surface area contributed by atoms with E-state index in [4.69, 9.17) is 11.6 Å². The molecule has 0 saturated heterocycles. The molecule has 3 N–H and O–H groups in total. The Morgan fingerprint density at radius 1 is 1.02 bits per heavy atom. The smallest absolute Gasteiger partial charge is 0.258 e. The van der Waals surface area contributed by atoms with Crippen molar-refractivity contribution in [2.45, 2.75) is 6.92 Å². The number of rotatable bonds is 5. The number of amides is 1. The average Bonchev–Trinajstić information content (AvgIpc) is 3.63. The number of anilines is 3. The first-order valence-corrected chi connectivity index (χ1v) is 12.9. The summed E-state index contributed by atoms with van der Waals surface area (Å²) >= 11 is 6.31. The molecule has 200 valence electrons. The normalized spacial score (nSPS) is 10.7. The molecule has 0 fully saturated rings. The van der Waals surface area contributed by atoms with Crippen molar-refractivity contribution in [1.29, 1.82) is 0 Å². The summed E-state index contributed by atoms with van der Waals surface area (Å²) < 4.78 is 16.8. The summed E-state index contributed by atoms with van der Waals surface area (Å²) in [5.74, 6) is 4.93. The van der Waals surface area contributed by atoms with E-state index in [9.17, 15) is 9.18 Å². The molecule has 8 nitrogen and oxygen atoms in total. The van der Waals surface area contributed by atoms with Crippen molar-refractivity contribution in [3.8, 4) is 23.0 Å². The summed E-state index contributed by atoms with van der Waals surface area (Å²) in [5.41, 5.74) is 6.00. The first-order chi connectivity index (χ1) is 19.9. The molecule has 2 aromatic carbocycles. The van der Waals surface area contributed by atoms with E-state index in [1.165, 1.54) is 12.1 Å². The number of pyridine rings is 2. The number of H-pyrrole nitrogens is 1. The van der Waals surface area contributed by atoms with Gasteiger partial charge in [0, 0.05) is 41.1 Å². The number of carbonyl (C=O) groups is 1. The zero-order chi connectivity index (χ0) is 28.3. The fourth-order valence-electron chi connectivity index (χ4n) is 4.36. The predicted molar refractivity (Wildman–Crippen MR) is 157 cm³/mol. The lowest BCUT2D eigenvalue weighted by molar-refractivity contribution is 0.102. The van der Waals surface area contributed by atoms with E-state index < -0.39 is 11.7 Å². The SMILES string of the molecule is Cc1cc(F)c(C(=O)Nc2cc(Cl)cc(-c3ccncc3)c2)cc1C#Cc1cnc2c(Nc3cn[nH]c3)cccn12. The average molecular weight is 562 g/mol. The van der Waals surface area contributed by atoms with E-state index in [1.807, 2.05) is 34.9 Å². The second kappa shape index (κ2) is 11.0. The summed E-state index contributed by atoms with van der Waals surface area (Å²) in [7, 11) is 0. The Hall–Kier alpha value is -5.46. The van der Waals surface area contributed by atoms with Crippen LogP contribution in [0.3, 0.4) is 0 Å². The molecular weight excluding hydrogens is 541 g/mol. The number of aromatic nitrogens is 5. The van der Waals surface area contributed by atoms with E-state index >= 15 is 0 Å². The summed E-state index contributed by atoms with van der Waals surface area (Å²) in [6.45, 7) is 1.74. The minimum Gasteiger partial charge on any atom is -0.350 e. The molecule has 6 rings (SSSR count). The van der Waals surface area contributed by atoms with E-state index in [-0.39, 0.29) is 5.56 Å². The van der Waals surface area contributed by atoms with Gasteiger partial charge in [-0.1, -0.05) is 17.5 Å². The zero-order valence-electron chi connectivity index (χ0n) is 21.6. The highest BCUT2D eigenvalue weighted by Gasteiger charge is 2.16. The number of carbonyl (C=O) groups excluding carboxylic acids is 1. The molecule has 0 saturated carbocycles. The minimum atomic E-state index is -0.647. The van der Waals surface area contributed by atoms with Crippen molar-refractivity contribution in [1.82, 2.24) is 24.6 Å². The number of halogens is 2. The summed E-state index contributed by atoms with van der Waals surface area (Å²) in [6.07, 6.45) is 10.3. The lowest BCUT2D eigenvalue weighted by atomic mass is 10.0. The minimum absolute atomic E-state index is 0.130. The van der Waals surface area contributed by atoms with Crippen LogP contribution in [-0.2, 0) is 0 Å². The number of fused-ring (bicyclic) bond motifs is 1. The van der Waals surface area contributed by atoms with Gasteiger partial charge in [-0.05, 0) is 84.1 Å². The number of nitrogens with zero attached hydrogens (tertiary/aromatic N) is 4. The molecule has 4 aromatic heterocycles. The molecule has 4 heterocycles. The Morgan fingerprint density at radius 3 is 2.68 bits per heavy atom. The molecule has 6 aromatic rings. The molecule has 0 aliphatic heterocycles. The Labute approximate surface area is 239 Å². The van der Waals surface area contributed by atoms with Crippen LogP contribution in [0, 0.1) is 24.6 Å². The Balaban J connectivity index is 1.28. The van der Waals surface area contributed by atoms with Crippen molar-refractivity contribution in [3.05, 3.63) is 125 Å². The molecular formula is C31H21ClFN7O. The quantitative estimate of drug-likeness (QED) is 0.205. The third-order valence-electron chi connectivity index (χ3n) is 6.37. The van der Waals surface area contributed by atoms with Gasteiger partial charge in [-0.25, -0.2) is 9.37 Å². The van der Waals surface area contributed by atoms with Gasteiger partial charge in [0.15, 0.2) is 5.65 Å². The van der Waals surface area contributed by atoms with Crippen molar-refractivity contribution in [2.24, 2.45) is 0 Å². The van der Waals surface area contributed by atoms with E-state index in [2.05, 4.69) is 42.6 Å². The first-order valence-electron chi connectivity index (χ1n) is 12.5. The molecule has 0 unspecified atom stereocenters. The number of aromatic amines is 1. The highest BCUT2D eigenvalue weighted by molar-refractivity contribution is 6.31. The molecule has 41 heavy (non-hydrogen) atoms. The van der Waals surface area contributed by atoms with Gasteiger partial charge >= 0.3 is 0 Å². The molecule has 0 aliphatic carbocycles. The summed E-state index contributed by atoms with van der Waals surface area (Å²) in [4.78, 5) is 21.7. The number of nitrogens with one attached hydrogen (secondary N) is 3. The highest BCUT2D eigenvalue weighted by Crippen LogP contribution is 2.28. The second-order valence-corrected chi connectivity index (χ2v) is 9.62. The van der Waals surface area contributed by atoms with Gasteiger partial charge in [0.1, 0.15) is 11.5 Å². The van der Waals surface area contributed by atoms with Crippen molar-refractivity contribution in [2.75, 3.05) is 10.6 Å². The zero-order valence-corrected chi connectivity index (χ0v) is 22.4. The maximum Gasteiger partial charge on any atom is 0.258 e. The molecule has 0 atom stereocenters. The Bertz CT molecular complexity index is 1960. The Kier molecular flexibility index (Phi) is 6.90. The Morgan fingerprint density at radius 2 is 1.88 bits per heavy atom. The van der Waals surface area contributed by atoms with E-state index in [1.54, 1.807) is 56.1 Å². The molecule has 1 amide bonds. The van der Waals surface area contributed by atoms with Crippen molar-refractivity contribution in [3.63, 3.8) is 0 Å². The number of benzene rings is 2. The lowest BCUT2D eigenvalue weighted by Crippen LogP contribution is -2.14. The van der Waals surface area contributed by atoms with Crippen LogP contribution in [-0.4, -0.2) is 30.5 Å². The van der Waals surface area contributed by atoms with Crippen LogP contribution in [0.15, 0.2) is 91.8 Å². The van der Waals surface area contributed by atoms with Gasteiger partial charge in [-0.2, -0.15) is 5.10 Å². The standard InChI is InChI=1S/C31H21ClFN7O/c1-19-11-28(33)27(31(41)39-24-13-22(12-23(32)15-24)20-6-8-34-9-7-20)14-21(19)4-5-26-18-35-30-29(3-2-10-40(26)30)38-25-16-36-37-17-25/h2-3,6-18,38H,1H3,(H,36,37)(H,39,41). The van der Waals surface area contributed by atoms with Crippen molar-refractivity contribution < 1.29 is 9.18 Å². The predicted octanol–water partition coefficient (Wildman–Crippen LogP) is 6.62. The molecule has 10 heteroatoms. The maximum absolute atomic E-state index is 15.0. The van der Waals surface area contributed by atoms with Gasteiger partial charge in [-0.3, -0.25) is 19.3 Å². The van der Waals surface area contributed by atoms with E-state index in [0.29, 0.717) is 33.2 Å². The molecule has 0 bridgehead atoms. The van der Waals surface area contributed by atoms with Crippen LogP contribution < -0.4 is 10.6 Å². The number of hydrogen-bond donors (Lipinski definition) is 3. The van der Waals surface area contributed by atoms with Crippen LogP contribution in [0.5, 0.6) is 0 Å². The van der Waals surface area contributed by atoms with Gasteiger partial charge in [0.25, 0.3) is 5.91 Å². The third-order valence-corrected chi connectivity index (χ3v) is 6.58. The van der Waals surface area contributed by atoms with Crippen LogP contribution in [0.25, 0.3) is 16.8 Å². The topological polar surface area (TPSA) is 100 Å². The molecule has 0 radical (unpaired) electrons. The highest BCUT2D eigenvalue weighted by atomic mass is 35.5.